The predicted octanol–water partition coefficient (Wildman–Crippen LogP) is 3.56. The number of carbonyl (C=O) groups is 1. The minimum absolute atomic E-state index is 0.213. The number of carbonyl (C=O) groups excluding carboxylic acids is 1. The van der Waals surface area contributed by atoms with Crippen molar-refractivity contribution in [2.45, 2.75) is 26.8 Å². The number of aromatic nitrogens is 2. The molecule has 0 fully saturated rings. The molecule has 0 aliphatic heterocycles. The third-order valence-electron chi connectivity index (χ3n) is 4.14. The summed E-state index contributed by atoms with van der Waals surface area (Å²) in [6.45, 7) is 3.62. The standard InChI is InChI=1S/C21H20FN3O2/c1-3-17-12-20(27)25(21(24-17)15-5-4-6-16(22)11-15)13-19(26)23-18-9-7-14(2)8-10-18/h4-12H,3,13H2,1-2H3,(H,23,26). The van der Waals surface area contributed by atoms with Gasteiger partial charge in [-0.05, 0) is 37.6 Å². The van der Waals surface area contributed by atoms with Gasteiger partial charge in [-0.25, -0.2) is 9.37 Å². The van der Waals surface area contributed by atoms with Crippen molar-refractivity contribution in [3.05, 3.63) is 82.0 Å². The second-order valence-corrected chi connectivity index (χ2v) is 6.27. The van der Waals surface area contributed by atoms with Crippen molar-refractivity contribution in [3.8, 4) is 11.4 Å². The van der Waals surface area contributed by atoms with Crippen LogP contribution in [-0.4, -0.2) is 15.5 Å². The number of nitrogens with one attached hydrogen (secondary N) is 1. The van der Waals surface area contributed by atoms with Crippen LogP contribution in [0.4, 0.5) is 10.1 Å². The molecular formula is C21H20FN3O2. The Bertz CT molecular complexity index is 1030. The van der Waals surface area contributed by atoms with Crippen LogP contribution in [0.5, 0.6) is 0 Å². The second-order valence-electron chi connectivity index (χ2n) is 6.27. The van der Waals surface area contributed by atoms with Crippen molar-refractivity contribution < 1.29 is 9.18 Å². The van der Waals surface area contributed by atoms with Crippen molar-refractivity contribution >= 4 is 11.6 Å². The van der Waals surface area contributed by atoms with Crippen LogP contribution < -0.4 is 10.9 Å². The zero-order chi connectivity index (χ0) is 19.4. The number of rotatable bonds is 5. The van der Waals surface area contributed by atoms with E-state index in [1.54, 1.807) is 24.3 Å². The van der Waals surface area contributed by atoms with Crippen molar-refractivity contribution in [2.24, 2.45) is 0 Å². The molecule has 1 amide bonds. The van der Waals surface area contributed by atoms with Crippen molar-refractivity contribution in [1.29, 1.82) is 0 Å². The van der Waals surface area contributed by atoms with Gasteiger partial charge < -0.3 is 5.32 Å². The van der Waals surface area contributed by atoms with Crippen LogP contribution >= 0.6 is 0 Å². The minimum Gasteiger partial charge on any atom is -0.325 e. The summed E-state index contributed by atoms with van der Waals surface area (Å²) in [5, 5.41) is 2.76. The van der Waals surface area contributed by atoms with Gasteiger partial charge in [0, 0.05) is 23.0 Å². The maximum absolute atomic E-state index is 13.7. The highest BCUT2D eigenvalue weighted by molar-refractivity contribution is 5.90. The molecule has 0 atom stereocenters. The average Bonchev–Trinajstić information content (AvgIpc) is 2.65. The monoisotopic (exact) mass is 365 g/mol. The Labute approximate surface area is 156 Å². The van der Waals surface area contributed by atoms with Gasteiger partial charge in [0.05, 0.1) is 0 Å². The molecule has 0 bridgehead atoms. The Hall–Kier alpha value is -3.28. The van der Waals surface area contributed by atoms with Crippen LogP contribution in [0.15, 0.2) is 59.4 Å². The van der Waals surface area contributed by atoms with E-state index in [2.05, 4.69) is 10.3 Å². The number of nitrogens with zero attached hydrogens (tertiary/aromatic N) is 2. The summed E-state index contributed by atoms with van der Waals surface area (Å²) in [5.41, 5.74) is 2.42. The summed E-state index contributed by atoms with van der Waals surface area (Å²) < 4.78 is 14.9. The van der Waals surface area contributed by atoms with Gasteiger partial charge in [-0.15, -0.1) is 0 Å². The predicted molar refractivity (Wildman–Crippen MR) is 103 cm³/mol. The molecule has 0 saturated carbocycles. The van der Waals surface area contributed by atoms with Gasteiger partial charge in [-0.2, -0.15) is 0 Å². The summed E-state index contributed by atoms with van der Waals surface area (Å²) in [5.74, 6) is -0.512. The molecule has 27 heavy (non-hydrogen) atoms. The van der Waals surface area contributed by atoms with Crippen LogP contribution in [0, 0.1) is 12.7 Å². The Morgan fingerprint density at radius 3 is 2.56 bits per heavy atom. The molecule has 6 heteroatoms. The van der Waals surface area contributed by atoms with E-state index in [0.717, 1.165) is 5.56 Å². The van der Waals surface area contributed by atoms with Crippen molar-refractivity contribution in [1.82, 2.24) is 9.55 Å². The lowest BCUT2D eigenvalue weighted by molar-refractivity contribution is -0.116. The Kier molecular flexibility index (Phi) is 5.45. The molecule has 138 valence electrons. The average molecular weight is 365 g/mol. The molecule has 0 radical (unpaired) electrons. The highest BCUT2D eigenvalue weighted by atomic mass is 19.1. The van der Waals surface area contributed by atoms with Gasteiger partial charge >= 0.3 is 0 Å². The summed E-state index contributed by atoms with van der Waals surface area (Å²) in [7, 11) is 0. The molecule has 0 saturated heterocycles. The quantitative estimate of drug-likeness (QED) is 0.752. The van der Waals surface area contributed by atoms with E-state index in [0.29, 0.717) is 23.4 Å². The third kappa shape index (κ3) is 4.47. The number of amides is 1. The first kappa shape index (κ1) is 18.5. The zero-order valence-electron chi connectivity index (χ0n) is 15.2. The number of anilines is 1. The first-order chi connectivity index (χ1) is 13.0. The molecule has 1 aromatic heterocycles. The molecule has 0 unspecified atom stereocenters. The smallest absolute Gasteiger partial charge is 0.254 e. The number of aryl methyl sites for hydroxylation is 2. The zero-order valence-corrected chi connectivity index (χ0v) is 15.2. The Morgan fingerprint density at radius 1 is 1.15 bits per heavy atom. The van der Waals surface area contributed by atoms with Gasteiger partial charge in [-0.3, -0.25) is 14.2 Å². The molecule has 2 aromatic carbocycles. The molecule has 1 N–H and O–H groups in total. The summed E-state index contributed by atoms with van der Waals surface area (Å²) in [4.78, 5) is 29.5. The molecule has 1 heterocycles. The van der Waals surface area contributed by atoms with E-state index in [-0.39, 0.29) is 23.8 Å². The summed E-state index contributed by atoms with van der Waals surface area (Å²) in [6.07, 6.45) is 0.563. The fraction of sp³-hybridized carbons (Fsp3) is 0.190. The van der Waals surface area contributed by atoms with Gasteiger partial charge in [0.25, 0.3) is 5.56 Å². The van der Waals surface area contributed by atoms with E-state index >= 15 is 0 Å². The summed E-state index contributed by atoms with van der Waals surface area (Å²) in [6, 6.07) is 14.6. The maximum atomic E-state index is 13.7. The van der Waals surface area contributed by atoms with E-state index in [1.807, 2.05) is 26.0 Å². The number of benzene rings is 2. The van der Waals surface area contributed by atoms with Crippen LogP contribution in [0.2, 0.25) is 0 Å². The molecule has 5 nitrogen and oxygen atoms in total. The van der Waals surface area contributed by atoms with Gasteiger partial charge in [-0.1, -0.05) is 36.8 Å². The van der Waals surface area contributed by atoms with Gasteiger partial charge in [0.15, 0.2) is 0 Å². The first-order valence-corrected chi connectivity index (χ1v) is 8.69. The fourth-order valence-electron chi connectivity index (χ4n) is 2.72. The second kappa shape index (κ2) is 7.95. The summed E-state index contributed by atoms with van der Waals surface area (Å²) >= 11 is 0. The van der Waals surface area contributed by atoms with Crippen LogP contribution in [-0.2, 0) is 17.8 Å². The van der Waals surface area contributed by atoms with E-state index < -0.39 is 5.82 Å². The largest absolute Gasteiger partial charge is 0.325 e. The molecule has 0 spiro atoms. The third-order valence-corrected chi connectivity index (χ3v) is 4.14. The molecule has 0 aliphatic rings. The normalized spacial score (nSPS) is 10.6. The van der Waals surface area contributed by atoms with E-state index in [1.165, 1.54) is 22.8 Å². The first-order valence-electron chi connectivity index (χ1n) is 8.69. The Balaban J connectivity index is 1.95. The molecule has 0 aliphatic carbocycles. The number of hydrogen-bond donors (Lipinski definition) is 1. The highest BCUT2D eigenvalue weighted by Crippen LogP contribution is 2.18. The van der Waals surface area contributed by atoms with Crippen molar-refractivity contribution in [2.75, 3.05) is 5.32 Å². The minimum atomic E-state index is -0.431. The maximum Gasteiger partial charge on any atom is 0.254 e. The molecule has 3 aromatic rings. The lowest BCUT2D eigenvalue weighted by Crippen LogP contribution is -2.30. The SMILES string of the molecule is CCc1cc(=O)n(CC(=O)Nc2ccc(C)cc2)c(-c2cccc(F)c2)n1. The van der Waals surface area contributed by atoms with Gasteiger partial charge in [0.1, 0.15) is 18.2 Å². The van der Waals surface area contributed by atoms with E-state index in [4.69, 9.17) is 0 Å². The molecular weight excluding hydrogens is 345 g/mol. The number of hydrogen-bond acceptors (Lipinski definition) is 3. The lowest BCUT2D eigenvalue weighted by Gasteiger charge is -2.14. The topological polar surface area (TPSA) is 64.0 Å². The molecule has 3 rings (SSSR count). The van der Waals surface area contributed by atoms with Gasteiger partial charge in [0.2, 0.25) is 5.91 Å². The van der Waals surface area contributed by atoms with E-state index in [9.17, 15) is 14.0 Å². The fourth-order valence-corrected chi connectivity index (χ4v) is 2.72. The Morgan fingerprint density at radius 2 is 1.89 bits per heavy atom. The van der Waals surface area contributed by atoms with Crippen molar-refractivity contribution in [3.63, 3.8) is 0 Å². The van der Waals surface area contributed by atoms with Crippen LogP contribution in [0.25, 0.3) is 11.4 Å². The van der Waals surface area contributed by atoms with Crippen LogP contribution in [0.1, 0.15) is 18.2 Å². The van der Waals surface area contributed by atoms with Crippen LogP contribution in [0.3, 0.4) is 0 Å². The number of halogens is 1. The lowest BCUT2D eigenvalue weighted by atomic mass is 10.2. The highest BCUT2D eigenvalue weighted by Gasteiger charge is 2.14.